The summed E-state index contributed by atoms with van der Waals surface area (Å²) in [4.78, 5) is 2.41. The Morgan fingerprint density at radius 1 is 0.396 bits per heavy atom. The lowest BCUT2D eigenvalue weighted by Gasteiger charge is -2.26. The molecule has 0 radical (unpaired) electrons. The molecule has 0 unspecified atom stereocenters. The monoisotopic (exact) mass is 694 g/mol. The van der Waals surface area contributed by atoms with Crippen molar-refractivity contribution in [1.29, 1.82) is 0 Å². The second-order valence-electron chi connectivity index (χ2n) is 13.4. The van der Waals surface area contributed by atoms with Crippen LogP contribution in [0.2, 0.25) is 0 Å². The van der Waals surface area contributed by atoms with E-state index in [9.17, 15) is 0 Å². The molecule has 0 aliphatic rings. The van der Waals surface area contributed by atoms with Gasteiger partial charge in [-0.15, -0.1) is 11.3 Å². The van der Waals surface area contributed by atoms with E-state index >= 15 is 0 Å². The van der Waals surface area contributed by atoms with Gasteiger partial charge in [0.15, 0.2) is 0 Å². The third-order valence-electron chi connectivity index (χ3n) is 10.3. The van der Waals surface area contributed by atoms with Crippen LogP contribution in [0.5, 0.6) is 0 Å². The van der Waals surface area contributed by atoms with Crippen LogP contribution in [-0.4, -0.2) is 4.57 Å². The number of benzene rings is 8. The zero-order valence-corrected chi connectivity index (χ0v) is 29.7. The van der Waals surface area contributed by atoms with Gasteiger partial charge >= 0.3 is 0 Å². The Labute approximate surface area is 313 Å². The van der Waals surface area contributed by atoms with Crippen LogP contribution >= 0.6 is 11.3 Å². The minimum Gasteiger partial charge on any atom is -0.317 e. The van der Waals surface area contributed by atoms with Crippen LogP contribution in [0.4, 0.5) is 17.1 Å². The molecule has 2 nitrogen and oxygen atoms in total. The maximum absolute atomic E-state index is 2.41. The molecule has 0 saturated heterocycles. The lowest BCUT2D eigenvalue weighted by atomic mass is 10.0. The summed E-state index contributed by atoms with van der Waals surface area (Å²) in [5.41, 5.74) is 13.0. The van der Waals surface area contributed by atoms with Crippen LogP contribution in [0.1, 0.15) is 0 Å². The Kier molecular flexibility index (Phi) is 7.71. The molecule has 0 atom stereocenters. The molecule has 3 heteroatoms. The van der Waals surface area contributed by atoms with Crippen molar-refractivity contribution in [2.24, 2.45) is 0 Å². The summed E-state index contributed by atoms with van der Waals surface area (Å²) >= 11 is 1.86. The van der Waals surface area contributed by atoms with Gasteiger partial charge in [0.05, 0.1) is 15.9 Å². The molecule has 0 N–H and O–H groups in total. The third-order valence-corrected chi connectivity index (χ3v) is 11.5. The molecule has 0 aliphatic heterocycles. The number of anilines is 3. The summed E-state index contributed by atoms with van der Waals surface area (Å²) in [6.07, 6.45) is 2.17. The molecule has 53 heavy (non-hydrogen) atoms. The van der Waals surface area contributed by atoms with Crippen molar-refractivity contribution in [2.45, 2.75) is 0 Å². The second kappa shape index (κ2) is 13.1. The van der Waals surface area contributed by atoms with Crippen molar-refractivity contribution in [2.75, 3.05) is 4.90 Å². The number of thiophene rings is 1. The average Bonchev–Trinajstić information content (AvgIpc) is 3.84. The molecule has 0 aliphatic carbocycles. The van der Waals surface area contributed by atoms with E-state index in [1.165, 1.54) is 70.1 Å². The van der Waals surface area contributed by atoms with Crippen LogP contribution in [0.3, 0.4) is 0 Å². The highest BCUT2D eigenvalue weighted by atomic mass is 32.1. The van der Waals surface area contributed by atoms with Crippen molar-refractivity contribution in [3.8, 4) is 39.1 Å². The molecule has 0 bridgehead atoms. The molecule has 0 saturated carbocycles. The summed E-state index contributed by atoms with van der Waals surface area (Å²) < 4.78 is 4.86. The van der Waals surface area contributed by atoms with E-state index in [4.69, 9.17) is 0 Å². The zero-order chi connectivity index (χ0) is 35.1. The number of aromatic nitrogens is 1. The van der Waals surface area contributed by atoms with Gasteiger partial charge in [-0.1, -0.05) is 133 Å². The number of hydrogen-bond acceptors (Lipinski definition) is 2. The van der Waals surface area contributed by atoms with Crippen LogP contribution in [0, 0.1) is 0 Å². The molecular weight excluding hydrogens is 661 g/mol. The van der Waals surface area contributed by atoms with Crippen LogP contribution in [-0.2, 0) is 0 Å². The standard InChI is InChI=1S/C50H34N2S/c1-3-10-35(11-4-1)37-18-25-42(26-19-37)51-33-32-41-34-40(24-31-47(41)51)39-22-29-44(30-23-39)52(43-27-20-38(21-28-43)36-12-5-2-6-13-36)48-16-9-15-46-45-14-7-8-17-49(45)53-50(46)48/h1-34H. The first kappa shape index (κ1) is 31.1. The Bertz CT molecular complexity index is 2850. The second-order valence-corrected chi connectivity index (χ2v) is 14.5. The van der Waals surface area contributed by atoms with Gasteiger partial charge < -0.3 is 9.47 Å². The molecule has 0 amide bonds. The van der Waals surface area contributed by atoms with Crippen LogP contribution < -0.4 is 4.90 Å². The normalized spacial score (nSPS) is 11.4. The fourth-order valence-electron chi connectivity index (χ4n) is 7.56. The van der Waals surface area contributed by atoms with Crippen LogP contribution in [0.15, 0.2) is 206 Å². The first-order valence-corrected chi connectivity index (χ1v) is 18.8. The topological polar surface area (TPSA) is 8.17 Å². The van der Waals surface area contributed by atoms with Crippen molar-refractivity contribution >= 4 is 59.5 Å². The van der Waals surface area contributed by atoms with Gasteiger partial charge in [-0.05, 0) is 100 Å². The minimum absolute atomic E-state index is 1.12. The van der Waals surface area contributed by atoms with E-state index in [0.717, 1.165) is 17.1 Å². The average molecular weight is 695 g/mol. The summed E-state index contributed by atoms with van der Waals surface area (Å²) in [6.45, 7) is 0. The van der Waals surface area contributed by atoms with Gasteiger partial charge in [0.2, 0.25) is 0 Å². The maximum Gasteiger partial charge on any atom is 0.0640 e. The fourth-order valence-corrected chi connectivity index (χ4v) is 8.77. The maximum atomic E-state index is 2.41. The van der Waals surface area contributed by atoms with E-state index in [-0.39, 0.29) is 0 Å². The zero-order valence-electron chi connectivity index (χ0n) is 28.9. The molecule has 0 fully saturated rings. The van der Waals surface area contributed by atoms with Gasteiger partial charge in [-0.3, -0.25) is 0 Å². The van der Waals surface area contributed by atoms with Gasteiger partial charge in [-0.25, -0.2) is 0 Å². The fraction of sp³-hybridized carbons (Fsp3) is 0. The first-order valence-electron chi connectivity index (χ1n) is 18.0. The predicted octanol–water partition coefficient (Wildman–Crippen LogP) is 14.5. The van der Waals surface area contributed by atoms with Crippen molar-refractivity contribution in [3.05, 3.63) is 206 Å². The highest BCUT2D eigenvalue weighted by Gasteiger charge is 2.18. The van der Waals surface area contributed by atoms with Gasteiger partial charge in [-0.2, -0.15) is 0 Å². The Morgan fingerprint density at radius 3 is 1.58 bits per heavy atom. The Morgan fingerprint density at radius 2 is 0.925 bits per heavy atom. The summed E-state index contributed by atoms with van der Waals surface area (Å²) in [7, 11) is 0. The molecule has 10 aromatic rings. The van der Waals surface area contributed by atoms with Gasteiger partial charge in [0.25, 0.3) is 0 Å². The van der Waals surface area contributed by atoms with E-state index in [2.05, 4.69) is 216 Å². The molecule has 2 aromatic heterocycles. The molecule has 250 valence electrons. The Hall–Kier alpha value is -6.68. The number of nitrogens with zero attached hydrogens (tertiary/aromatic N) is 2. The third kappa shape index (κ3) is 5.68. The number of fused-ring (bicyclic) bond motifs is 4. The van der Waals surface area contributed by atoms with Crippen LogP contribution in [0.25, 0.3) is 70.1 Å². The van der Waals surface area contributed by atoms with E-state index < -0.39 is 0 Å². The van der Waals surface area contributed by atoms with Crippen molar-refractivity contribution in [3.63, 3.8) is 0 Å². The summed E-state index contributed by atoms with van der Waals surface area (Å²) in [6, 6.07) is 72.3. The highest BCUT2D eigenvalue weighted by Crippen LogP contribution is 2.45. The predicted molar refractivity (Wildman–Crippen MR) is 227 cm³/mol. The van der Waals surface area contributed by atoms with E-state index in [1.54, 1.807) is 0 Å². The lowest BCUT2D eigenvalue weighted by molar-refractivity contribution is 1.13. The Balaban J connectivity index is 1.00. The van der Waals surface area contributed by atoms with E-state index in [0.29, 0.717) is 0 Å². The number of hydrogen-bond donors (Lipinski definition) is 0. The first-order chi connectivity index (χ1) is 26.3. The van der Waals surface area contributed by atoms with Gasteiger partial charge in [0.1, 0.15) is 0 Å². The minimum atomic E-state index is 1.12. The SMILES string of the molecule is c1ccc(-c2ccc(N(c3ccc(-c4ccc5c(ccn5-c5ccc(-c6ccccc6)cc5)c4)cc3)c3cccc4c3sc3ccccc34)cc2)cc1. The largest absolute Gasteiger partial charge is 0.317 e. The molecule has 0 spiro atoms. The van der Waals surface area contributed by atoms with E-state index in [1.807, 2.05) is 11.3 Å². The van der Waals surface area contributed by atoms with Crippen molar-refractivity contribution in [1.82, 2.24) is 4.57 Å². The lowest BCUT2D eigenvalue weighted by Crippen LogP contribution is -2.10. The highest BCUT2D eigenvalue weighted by molar-refractivity contribution is 7.26. The van der Waals surface area contributed by atoms with Crippen molar-refractivity contribution < 1.29 is 0 Å². The quantitative estimate of drug-likeness (QED) is 0.161. The number of rotatable bonds is 7. The molecule has 10 rings (SSSR count). The summed E-state index contributed by atoms with van der Waals surface area (Å²) in [5.74, 6) is 0. The molecule has 2 heterocycles. The molecule has 8 aromatic carbocycles. The van der Waals surface area contributed by atoms with Gasteiger partial charge in [0, 0.05) is 44.1 Å². The smallest absolute Gasteiger partial charge is 0.0640 e. The summed E-state index contributed by atoms with van der Waals surface area (Å²) in [5, 5.41) is 3.81. The molecular formula is C50H34N2S.